The molecule has 1 heterocycles. The minimum atomic E-state index is -0.302. The molecule has 1 aromatic carbocycles. The lowest BCUT2D eigenvalue weighted by Gasteiger charge is -2.28. The van der Waals surface area contributed by atoms with Crippen molar-refractivity contribution in [2.45, 2.75) is 26.3 Å². The quantitative estimate of drug-likeness (QED) is 0.830. The van der Waals surface area contributed by atoms with E-state index < -0.39 is 0 Å². The van der Waals surface area contributed by atoms with Gasteiger partial charge in [-0.15, -0.1) is 0 Å². The number of carbonyl (C=O) groups is 2. The fourth-order valence-corrected chi connectivity index (χ4v) is 2.70. The van der Waals surface area contributed by atoms with Crippen LogP contribution in [0.25, 0.3) is 0 Å². The summed E-state index contributed by atoms with van der Waals surface area (Å²) in [7, 11) is 0. The van der Waals surface area contributed by atoms with Crippen molar-refractivity contribution in [3.05, 3.63) is 35.6 Å². The summed E-state index contributed by atoms with van der Waals surface area (Å²) in [6.07, 6.45) is 1.87. The second kappa shape index (κ2) is 8.62. The van der Waals surface area contributed by atoms with Gasteiger partial charge in [-0.25, -0.2) is 4.39 Å². The Labute approximate surface area is 136 Å². The Bertz CT molecular complexity index is 527. The maximum atomic E-state index is 12.8. The molecule has 1 aromatic rings. The van der Waals surface area contributed by atoms with Crippen LogP contribution in [-0.4, -0.2) is 42.9 Å². The Morgan fingerprint density at radius 1 is 1.35 bits per heavy atom. The van der Waals surface area contributed by atoms with E-state index in [0.29, 0.717) is 19.6 Å². The Balaban J connectivity index is 1.81. The lowest BCUT2D eigenvalue weighted by Crippen LogP contribution is -2.46. The van der Waals surface area contributed by atoms with Gasteiger partial charge in [0.2, 0.25) is 11.8 Å². The van der Waals surface area contributed by atoms with E-state index in [1.807, 2.05) is 6.92 Å². The van der Waals surface area contributed by atoms with Crippen LogP contribution in [0.3, 0.4) is 0 Å². The van der Waals surface area contributed by atoms with E-state index >= 15 is 0 Å². The van der Waals surface area contributed by atoms with E-state index in [-0.39, 0.29) is 30.1 Å². The first-order chi connectivity index (χ1) is 11.1. The molecule has 1 saturated heterocycles. The predicted molar refractivity (Wildman–Crippen MR) is 86.1 cm³/mol. The predicted octanol–water partition coefficient (Wildman–Crippen LogP) is 1.29. The normalized spacial score (nSPS) is 17.6. The molecule has 5 nitrogen and oxygen atoms in total. The van der Waals surface area contributed by atoms with Crippen molar-refractivity contribution in [2.75, 3.05) is 26.2 Å². The van der Waals surface area contributed by atoms with Gasteiger partial charge in [-0.3, -0.25) is 9.59 Å². The average Bonchev–Trinajstić information content (AvgIpc) is 2.59. The topological polar surface area (TPSA) is 61.4 Å². The molecule has 1 aliphatic heterocycles. The van der Waals surface area contributed by atoms with Crippen molar-refractivity contribution in [2.24, 2.45) is 5.92 Å². The van der Waals surface area contributed by atoms with Gasteiger partial charge < -0.3 is 15.5 Å². The third-order valence-corrected chi connectivity index (χ3v) is 4.08. The van der Waals surface area contributed by atoms with Gasteiger partial charge in [0.15, 0.2) is 0 Å². The van der Waals surface area contributed by atoms with Crippen LogP contribution in [-0.2, 0) is 16.1 Å². The molecule has 1 fully saturated rings. The zero-order chi connectivity index (χ0) is 16.7. The summed E-state index contributed by atoms with van der Waals surface area (Å²) < 4.78 is 12.8. The Morgan fingerprint density at radius 2 is 2.09 bits per heavy atom. The minimum Gasteiger partial charge on any atom is -0.350 e. The number of halogens is 1. The summed E-state index contributed by atoms with van der Waals surface area (Å²) in [6.45, 7) is 4.42. The van der Waals surface area contributed by atoms with Crippen LogP contribution in [0.4, 0.5) is 4.39 Å². The average molecular weight is 321 g/mol. The van der Waals surface area contributed by atoms with Crippen LogP contribution < -0.4 is 10.6 Å². The molecule has 2 rings (SSSR count). The minimum absolute atomic E-state index is 0.0337. The number of piperidine rings is 1. The first kappa shape index (κ1) is 17.4. The molecular weight excluding hydrogens is 297 g/mol. The third-order valence-electron chi connectivity index (χ3n) is 4.08. The number of nitrogens with one attached hydrogen (secondary N) is 2. The van der Waals surface area contributed by atoms with E-state index in [4.69, 9.17) is 0 Å². The fourth-order valence-electron chi connectivity index (χ4n) is 2.70. The molecule has 1 atom stereocenters. The number of rotatable bonds is 6. The molecule has 0 radical (unpaired) electrons. The van der Waals surface area contributed by atoms with Crippen molar-refractivity contribution >= 4 is 11.8 Å². The van der Waals surface area contributed by atoms with E-state index in [1.54, 1.807) is 17.0 Å². The molecular formula is C17H24FN3O2. The molecule has 23 heavy (non-hydrogen) atoms. The Kier molecular flexibility index (Phi) is 6.52. The first-order valence-electron chi connectivity index (χ1n) is 8.10. The number of hydrogen-bond acceptors (Lipinski definition) is 3. The zero-order valence-electron chi connectivity index (χ0n) is 13.5. The van der Waals surface area contributed by atoms with E-state index in [9.17, 15) is 14.0 Å². The third kappa shape index (κ3) is 5.32. The van der Waals surface area contributed by atoms with Crippen LogP contribution in [0.15, 0.2) is 24.3 Å². The van der Waals surface area contributed by atoms with Gasteiger partial charge >= 0.3 is 0 Å². The Hall–Kier alpha value is -1.95. The maximum Gasteiger partial charge on any atom is 0.239 e. The lowest BCUT2D eigenvalue weighted by atomic mass is 9.98. The number of hydrogen-bond donors (Lipinski definition) is 2. The monoisotopic (exact) mass is 321 g/mol. The molecule has 1 aliphatic rings. The summed E-state index contributed by atoms with van der Waals surface area (Å²) in [4.78, 5) is 26.1. The van der Waals surface area contributed by atoms with Crippen LogP contribution in [0, 0.1) is 11.7 Å². The first-order valence-corrected chi connectivity index (χ1v) is 8.10. The van der Waals surface area contributed by atoms with Crippen molar-refractivity contribution in [3.63, 3.8) is 0 Å². The van der Waals surface area contributed by atoms with Crippen LogP contribution in [0.5, 0.6) is 0 Å². The smallest absolute Gasteiger partial charge is 0.239 e. The van der Waals surface area contributed by atoms with Crippen molar-refractivity contribution in [1.82, 2.24) is 15.5 Å². The van der Waals surface area contributed by atoms with Gasteiger partial charge in [0.25, 0.3) is 0 Å². The highest BCUT2D eigenvalue weighted by atomic mass is 19.1. The van der Waals surface area contributed by atoms with Gasteiger partial charge in [-0.2, -0.15) is 0 Å². The maximum absolute atomic E-state index is 12.8. The highest BCUT2D eigenvalue weighted by Gasteiger charge is 2.26. The number of likely N-dealkylation sites (N-methyl/N-ethyl adjacent to an activating group) is 1. The lowest BCUT2D eigenvalue weighted by molar-refractivity contribution is -0.139. The molecule has 0 spiro atoms. The molecule has 126 valence electrons. The molecule has 1 unspecified atom stereocenters. The van der Waals surface area contributed by atoms with Gasteiger partial charge in [-0.05, 0) is 44.0 Å². The highest BCUT2D eigenvalue weighted by molar-refractivity contribution is 5.86. The SMILES string of the molecule is CCN(CC(=O)NCc1ccc(F)cc1)C(=O)C1CCCNC1. The highest BCUT2D eigenvalue weighted by Crippen LogP contribution is 2.13. The van der Waals surface area contributed by atoms with Gasteiger partial charge in [0.05, 0.1) is 12.5 Å². The van der Waals surface area contributed by atoms with Gasteiger partial charge in [0.1, 0.15) is 5.82 Å². The van der Waals surface area contributed by atoms with Crippen molar-refractivity contribution in [3.8, 4) is 0 Å². The van der Waals surface area contributed by atoms with Gasteiger partial charge in [-0.1, -0.05) is 12.1 Å². The summed E-state index contributed by atoms with van der Waals surface area (Å²) in [5.41, 5.74) is 0.825. The molecule has 0 aromatic heterocycles. The zero-order valence-corrected chi connectivity index (χ0v) is 13.5. The fraction of sp³-hybridized carbons (Fsp3) is 0.529. The largest absolute Gasteiger partial charge is 0.350 e. The molecule has 2 amide bonds. The number of benzene rings is 1. The Morgan fingerprint density at radius 3 is 2.70 bits per heavy atom. The van der Waals surface area contributed by atoms with Crippen molar-refractivity contribution < 1.29 is 14.0 Å². The van der Waals surface area contributed by atoms with Crippen molar-refractivity contribution in [1.29, 1.82) is 0 Å². The van der Waals surface area contributed by atoms with Crippen LogP contribution in [0.1, 0.15) is 25.3 Å². The molecule has 0 aliphatic carbocycles. The second-order valence-electron chi connectivity index (χ2n) is 5.80. The summed E-state index contributed by atoms with van der Waals surface area (Å²) in [5.74, 6) is -0.498. The molecule has 2 N–H and O–H groups in total. The second-order valence-corrected chi connectivity index (χ2v) is 5.80. The van der Waals surface area contributed by atoms with Crippen LogP contribution in [0.2, 0.25) is 0 Å². The standard InChI is InChI=1S/C17H24FN3O2/c1-2-21(17(23)14-4-3-9-19-11-14)12-16(22)20-10-13-5-7-15(18)8-6-13/h5-8,14,19H,2-4,9-12H2,1H3,(H,20,22). The number of amides is 2. The van der Waals surface area contributed by atoms with E-state index in [0.717, 1.165) is 24.9 Å². The summed E-state index contributed by atoms with van der Waals surface area (Å²) >= 11 is 0. The summed E-state index contributed by atoms with van der Waals surface area (Å²) in [6, 6.07) is 5.98. The molecule has 0 saturated carbocycles. The summed E-state index contributed by atoms with van der Waals surface area (Å²) in [5, 5.41) is 5.99. The molecule has 6 heteroatoms. The van der Waals surface area contributed by atoms with E-state index in [1.165, 1.54) is 12.1 Å². The number of nitrogens with zero attached hydrogens (tertiary/aromatic N) is 1. The van der Waals surface area contributed by atoms with E-state index in [2.05, 4.69) is 10.6 Å². The molecule has 0 bridgehead atoms. The van der Waals surface area contributed by atoms with Gasteiger partial charge in [0, 0.05) is 19.6 Å². The van der Waals surface area contributed by atoms with Crippen LogP contribution >= 0.6 is 0 Å². The number of carbonyl (C=O) groups excluding carboxylic acids is 2.